The predicted molar refractivity (Wildman–Crippen MR) is 539 cm³/mol. The molecule has 2 aliphatic heterocycles. The molecule has 4 heteroatoms. The number of hydrogen-bond acceptors (Lipinski definition) is 2. The molecule has 0 amide bonds. The van der Waals surface area contributed by atoms with Crippen LogP contribution < -0.4 is 26.2 Å². The van der Waals surface area contributed by atoms with Crippen molar-refractivity contribution < 1.29 is 0 Å². The van der Waals surface area contributed by atoms with Crippen molar-refractivity contribution in [3.63, 3.8) is 0 Å². The van der Waals surface area contributed by atoms with Gasteiger partial charge in [0, 0.05) is 61.5 Å². The van der Waals surface area contributed by atoms with E-state index in [9.17, 15) is 0 Å². The van der Waals surface area contributed by atoms with Crippen LogP contribution in [0.1, 0.15) is 184 Å². The lowest BCUT2D eigenvalue weighted by molar-refractivity contribution is 0.569. The topological polar surface area (TPSA) is 11.4 Å². The van der Waals surface area contributed by atoms with Gasteiger partial charge in [0.2, 0.25) is 0 Å². The van der Waals surface area contributed by atoms with E-state index in [1.807, 2.05) is 0 Å². The quantitative estimate of drug-likeness (QED) is 0.0768. The molecule has 0 N–H and O–H groups in total. The second-order valence-electron chi connectivity index (χ2n) is 43.1. The van der Waals surface area contributed by atoms with Crippen LogP contribution in [0.5, 0.6) is 0 Å². The molecule has 0 spiro atoms. The van der Waals surface area contributed by atoms with E-state index >= 15 is 0 Å². The van der Waals surface area contributed by atoms with Crippen molar-refractivity contribution >= 4 is 111 Å². The first kappa shape index (κ1) is 79.9. The van der Waals surface area contributed by atoms with E-state index in [0.29, 0.717) is 0 Å². The second-order valence-corrected chi connectivity index (χ2v) is 43.1. The molecule has 0 atom stereocenters. The van der Waals surface area contributed by atoms with Crippen molar-refractivity contribution in [2.45, 2.75) is 183 Å². The Labute approximate surface area is 735 Å². The number of nitrogens with zero attached hydrogens (tertiary/aromatic N) is 3. The van der Waals surface area contributed by atoms with Crippen LogP contribution in [0.3, 0.4) is 0 Å². The fraction of sp³-hybridized carbons (Fsp3) is 0.233. The van der Waals surface area contributed by atoms with Crippen molar-refractivity contribution in [1.29, 1.82) is 0 Å². The molecule has 3 nitrogen and oxygen atoms in total. The Hall–Kier alpha value is -12.5. The fourth-order valence-electron chi connectivity index (χ4n) is 20.2. The number of hydrogen-bond donors (Lipinski definition) is 0. The van der Waals surface area contributed by atoms with E-state index < -0.39 is 5.41 Å². The van der Waals surface area contributed by atoms with Gasteiger partial charge in [0.1, 0.15) is 0 Å². The number of anilines is 6. The van der Waals surface area contributed by atoms with Gasteiger partial charge in [-0.15, -0.1) is 0 Å². The smallest absolute Gasteiger partial charge is 0.252 e. The summed E-state index contributed by atoms with van der Waals surface area (Å²) in [4.78, 5) is 5.62. The van der Waals surface area contributed by atoms with Crippen LogP contribution >= 0.6 is 0 Å². The molecule has 3 heterocycles. The zero-order chi connectivity index (χ0) is 86.5. The van der Waals surface area contributed by atoms with Gasteiger partial charge in [0.25, 0.3) is 6.71 Å². The van der Waals surface area contributed by atoms with E-state index in [-0.39, 0.29) is 39.2 Å². The molecule has 2 aliphatic rings. The minimum atomic E-state index is -0.395. The Kier molecular flexibility index (Phi) is 18.4. The highest BCUT2D eigenvalue weighted by Crippen LogP contribution is 2.58. The van der Waals surface area contributed by atoms with Crippen LogP contribution in [-0.2, 0) is 37.9 Å². The lowest BCUT2D eigenvalue weighted by atomic mass is 9.33. The molecular formula is C120H114BN3. The number of fused-ring (bicyclic) bond motifs is 5. The second kappa shape index (κ2) is 28.5. The Balaban J connectivity index is 0.997. The van der Waals surface area contributed by atoms with Crippen LogP contribution in [0.2, 0.25) is 0 Å². The summed E-state index contributed by atoms with van der Waals surface area (Å²) in [5, 5.41) is 10.4. The molecule has 0 saturated carbocycles. The van der Waals surface area contributed by atoms with Crippen molar-refractivity contribution in [3.05, 3.63) is 348 Å². The summed E-state index contributed by atoms with van der Waals surface area (Å²) >= 11 is 0. The lowest BCUT2D eigenvalue weighted by Gasteiger charge is -2.46. The van der Waals surface area contributed by atoms with E-state index in [1.54, 1.807) is 0 Å². The third kappa shape index (κ3) is 13.5. The SMILES string of the molecule is CC(C)(C)c1cccc(-c2cc(-c3ccccc3)cc(-c3cccc(C(C)(C)C)c3)c2N2c3cc(-c4cc(C(C)(C)C)cc(C(C)(C)C)c4)ccc3B3c4ccc(-n5c6ccc7cccc8c9cccc%10ccc5c(c%109)c6c78)cc4N(c4c(-c5cccc(C(C)(C)C)c5)cc(-c5ccccc5)cc4-c4cccc(C(C)(C)C)c4)c4cc(C(C)(C)C)cc2c43)c1. The van der Waals surface area contributed by atoms with Crippen molar-refractivity contribution in [1.82, 2.24) is 4.57 Å². The molecule has 0 bridgehead atoms. The van der Waals surface area contributed by atoms with E-state index in [2.05, 4.69) is 469 Å². The summed E-state index contributed by atoms with van der Waals surface area (Å²) in [5.74, 6) is 0. The summed E-state index contributed by atoms with van der Waals surface area (Å²) in [5.41, 5.74) is 38.1. The van der Waals surface area contributed by atoms with Crippen LogP contribution in [-0.4, -0.2) is 11.3 Å². The van der Waals surface area contributed by atoms with E-state index in [1.165, 1.54) is 126 Å². The van der Waals surface area contributed by atoms with Crippen molar-refractivity contribution in [2.24, 2.45) is 0 Å². The van der Waals surface area contributed by atoms with Gasteiger partial charge in [0.05, 0.1) is 22.4 Å². The maximum atomic E-state index is 2.81. The Morgan fingerprint density at radius 2 is 0.532 bits per heavy atom. The third-order valence-corrected chi connectivity index (χ3v) is 27.3. The van der Waals surface area contributed by atoms with Crippen LogP contribution in [0.15, 0.2) is 309 Å². The highest BCUT2D eigenvalue weighted by molar-refractivity contribution is 7.00. The molecular weight excluding hydrogens is 1490 g/mol. The van der Waals surface area contributed by atoms with E-state index in [0.717, 1.165) is 101 Å². The summed E-state index contributed by atoms with van der Waals surface area (Å²) in [6, 6.07) is 122. The highest BCUT2D eigenvalue weighted by atomic mass is 15.2. The molecule has 1 aromatic heterocycles. The van der Waals surface area contributed by atoms with Crippen LogP contribution in [0.25, 0.3) is 138 Å². The summed E-state index contributed by atoms with van der Waals surface area (Å²) in [7, 11) is 0. The largest absolute Gasteiger partial charge is 0.310 e. The minimum Gasteiger partial charge on any atom is -0.310 e. The number of rotatable bonds is 10. The van der Waals surface area contributed by atoms with Gasteiger partial charge in [-0.25, -0.2) is 0 Å². The maximum absolute atomic E-state index is 2.81. The van der Waals surface area contributed by atoms with Gasteiger partial charge in [-0.3, -0.25) is 0 Å². The average molecular weight is 1610 g/mol. The number of benzene rings is 17. The lowest BCUT2D eigenvalue weighted by Crippen LogP contribution is -2.61. The van der Waals surface area contributed by atoms with E-state index in [4.69, 9.17) is 0 Å². The highest BCUT2D eigenvalue weighted by Gasteiger charge is 2.47. The monoisotopic (exact) mass is 1610 g/mol. The molecule has 18 aromatic rings. The standard InChI is InChI=1S/C120H114BN3/c1-114(2,3)85-44-28-40-78(58-85)95-64-83(73-34-24-22-25-35-73)65-96(79-41-29-45-86(59-79)115(4,5)6)112(95)123-103-68-77(82-62-89(118(13,14)15)69-90(63-82)119(16,17)18)50-54-99(103)121-100-55-53-92(122-101-56-51-75-38-32-48-93-94-49-33-39-76-52-57-102(122)110(108(76)94)109(101)107(75)93)72-104(100)124(106-71-91(120(19,20)21)70-105(123)111(106)121)113-97(80-42-30-46-87(60-80)116(7,8)9)66-84(74-36-26-23-27-37-74)67-98(113)81-43-31-47-88(61-81)117(10,11)12/h22-72H,1-21H3. The summed E-state index contributed by atoms with van der Waals surface area (Å²) in [6.45, 7) is 49.6. The zero-order valence-corrected chi connectivity index (χ0v) is 76.4. The number of aromatic nitrogens is 1. The van der Waals surface area contributed by atoms with Gasteiger partial charge < -0.3 is 14.4 Å². The van der Waals surface area contributed by atoms with Gasteiger partial charge >= 0.3 is 0 Å². The predicted octanol–water partition coefficient (Wildman–Crippen LogP) is 32.0. The molecule has 17 aromatic carbocycles. The molecule has 0 unspecified atom stereocenters. The van der Waals surface area contributed by atoms with Crippen molar-refractivity contribution in [3.8, 4) is 83.6 Å². The fourth-order valence-corrected chi connectivity index (χ4v) is 20.2. The van der Waals surface area contributed by atoms with Gasteiger partial charge in [-0.2, -0.15) is 0 Å². The van der Waals surface area contributed by atoms with Gasteiger partial charge in [-0.1, -0.05) is 388 Å². The molecule has 0 fully saturated rings. The molecule has 124 heavy (non-hydrogen) atoms. The third-order valence-electron chi connectivity index (χ3n) is 27.3. The first-order chi connectivity index (χ1) is 58.9. The molecule has 20 rings (SSSR count). The first-order valence-electron chi connectivity index (χ1n) is 45.0. The van der Waals surface area contributed by atoms with Crippen LogP contribution in [0, 0.1) is 0 Å². The summed E-state index contributed by atoms with van der Waals surface area (Å²) in [6.07, 6.45) is 0. The Bertz CT molecular complexity index is 7030. The molecule has 0 aliphatic carbocycles. The Morgan fingerprint density at radius 1 is 0.210 bits per heavy atom. The zero-order valence-electron chi connectivity index (χ0n) is 76.4. The van der Waals surface area contributed by atoms with Crippen molar-refractivity contribution in [2.75, 3.05) is 9.80 Å². The van der Waals surface area contributed by atoms with Gasteiger partial charge in [0.15, 0.2) is 0 Å². The maximum Gasteiger partial charge on any atom is 0.252 e. The van der Waals surface area contributed by atoms with Gasteiger partial charge in [-0.05, 0) is 248 Å². The van der Waals surface area contributed by atoms with Crippen LogP contribution in [0.4, 0.5) is 34.1 Å². The molecule has 0 radical (unpaired) electrons. The molecule has 0 saturated heterocycles. The minimum absolute atomic E-state index is 0.131. The Morgan fingerprint density at radius 3 is 0.903 bits per heavy atom. The molecule has 612 valence electrons. The normalized spacial score (nSPS) is 13.5. The first-order valence-corrected chi connectivity index (χ1v) is 45.0. The summed E-state index contributed by atoms with van der Waals surface area (Å²) < 4.78 is 2.62. The average Bonchev–Trinajstić information content (AvgIpc) is 0.990.